The number of carbonyl (C=O) groups is 4. The minimum absolute atomic E-state index is 0.212. The summed E-state index contributed by atoms with van der Waals surface area (Å²) in [4.78, 5) is 52.6. The van der Waals surface area contributed by atoms with Crippen LogP contribution in [-0.2, 0) is 19.2 Å². The van der Waals surface area contributed by atoms with Gasteiger partial charge in [-0.25, -0.2) is 0 Å². The lowest BCUT2D eigenvalue weighted by molar-refractivity contribution is -0.142. The summed E-state index contributed by atoms with van der Waals surface area (Å²) in [6.45, 7) is 0.673. The number of hydrogen-bond donors (Lipinski definition) is 4. The predicted molar refractivity (Wildman–Crippen MR) is 121 cm³/mol. The van der Waals surface area contributed by atoms with Gasteiger partial charge in [0.1, 0.15) is 0 Å². The second-order valence-corrected chi connectivity index (χ2v) is 8.26. The summed E-state index contributed by atoms with van der Waals surface area (Å²) in [5.74, 6) is -4.15. The summed E-state index contributed by atoms with van der Waals surface area (Å²) in [6.07, 6.45) is 0. The zero-order valence-electron chi connectivity index (χ0n) is 19.0. The topological polar surface area (TPSA) is 162 Å². The molecule has 0 radical (unpaired) electrons. The maximum Gasteiger partial charge on any atom is 0.317 e. The second-order valence-electron chi connectivity index (χ2n) is 8.26. The first-order chi connectivity index (χ1) is 16.1. The lowest BCUT2D eigenvalue weighted by Crippen LogP contribution is -2.50. The van der Waals surface area contributed by atoms with Crippen LogP contribution in [0, 0.1) is 0 Å². The maximum atomic E-state index is 11.7. The zero-order valence-corrected chi connectivity index (χ0v) is 19.0. The number of aliphatic carboxylic acids is 4. The molecule has 34 heavy (non-hydrogen) atoms. The number of carboxylic acid groups (broad SMARTS) is 4. The van der Waals surface area contributed by atoms with Crippen LogP contribution in [0.2, 0.25) is 0 Å². The summed E-state index contributed by atoms with van der Waals surface area (Å²) in [6, 6.07) is 8.68. The van der Waals surface area contributed by atoms with Crippen LogP contribution in [0.25, 0.3) is 0 Å². The van der Waals surface area contributed by atoms with Crippen molar-refractivity contribution in [3.05, 3.63) is 35.9 Å². The molecule has 12 nitrogen and oxygen atoms in total. The van der Waals surface area contributed by atoms with Crippen LogP contribution in [-0.4, -0.2) is 136 Å². The molecule has 1 atom stereocenters. The molecule has 1 aromatic rings. The van der Waals surface area contributed by atoms with Crippen molar-refractivity contribution in [3.63, 3.8) is 0 Å². The van der Waals surface area contributed by atoms with Gasteiger partial charge in [0.05, 0.1) is 26.2 Å². The van der Waals surface area contributed by atoms with E-state index in [1.807, 2.05) is 30.3 Å². The third kappa shape index (κ3) is 9.83. The van der Waals surface area contributed by atoms with Crippen molar-refractivity contribution >= 4 is 23.9 Å². The fourth-order valence-electron chi connectivity index (χ4n) is 4.05. The Hall–Kier alpha value is -3.06. The monoisotopic (exact) mass is 480 g/mol. The smallest absolute Gasteiger partial charge is 0.317 e. The summed E-state index contributed by atoms with van der Waals surface area (Å²) >= 11 is 0. The summed E-state index contributed by atoms with van der Waals surface area (Å²) in [7, 11) is 0. The highest BCUT2D eigenvalue weighted by Gasteiger charge is 2.28. The molecule has 1 aliphatic heterocycles. The Morgan fingerprint density at radius 2 is 1.03 bits per heavy atom. The van der Waals surface area contributed by atoms with Gasteiger partial charge >= 0.3 is 23.9 Å². The summed E-state index contributed by atoms with van der Waals surface area (Å²) < 4.78 is 0. The van der Waals surface area contributed by atoms with E-state index in [-0.39, 0.29) is 72.0 Å². The molecule has 2 rings (SSSR count). The van der Waals surface area contributed by atoms with Gasteiger partial charge in [0.25, 0.3) is 0 Å². The lowest BCUT2D eigenvalue weighted by Gasteiger charge is -2.37. The van der Waals surface area contributed by atoms with Gasteiger partial charge in [-0.1, -0.05) is 30.3 Å². The Labute approximate surface area is 197 Å². The third-order valence-electron chi connectivity index (χ3n) is 5.64. The van der Waals surface area contributed by atoms with E-state index in [4.69, 9.17) is 0 Å². The van der Waals surface area contributed by atoms with Crippen LogP contribution in [0.15, 0.2) is 30.3 Å². The molecule has 0 bridgehead atoms. The Morgan fingerprint density at radius 3 is 1.50 bits per heavy atom. The molecule has 4 N–H and O–H groups in total. The first-order valence-corrected chi connectivity index (χ1v) is 11.0. The fourth-order valence-corrected chi connectivity index (χ4v) is 4.05. The van der Waals surface area contributed by atoms with Gasteiger partial charge in [-0.3, -0.25) is 38.8 Å². The van der Waals surface area contributed by atoms with Crippen LogP contribution >= 0.6 is 0 Å². The fraction of sp³-hybridized carbons (Fsp3) is 0.545. The SMILES string of the molecule is O=C(O)CN1CCN(CC(=O)O)CCN(CC(=O)O)C(c2ccccc2)CN(CC(=O)O)CC1. The summed E-state index contributed by atoms with van der Waals surface area (Å²) in [5.41, 5.74) is 0.809. The molecule has 0 saturated carbocycles. The van der Waals surface area contributed by atoms with Gasteiger partial charge in [0.15, 0.2) is 0 Å². The molecule has 0 aromatic heterocycles. The quantitative estimate of drug-likeness (QED) is 0.352. The molecular weight excluding hydrogens is 448 g/mol. The molecule has 12 heteroatoms. The number of benzene rings is 1. The van der Waals surface area contributed by atoms with Gasteiger partial charge in [0.2, 0.25) is 0 Å². The number of hydrogen-bond acceptors (Lipinski definition) is 8. The molecule has 1 fully saturated rings. The van der Waals surface area contributed by atoms with Gasteiger partial charge in [-0.05, 0) is 5.56 Å². The largest absolute Gasteiger partial charge is 0.480 e. The first kappa shape index (κ1) is 27.2. The Kier molecular flexibility index (Phi) is 10.9. The van der Waals surface area contributed by atoms with Crippen molar-refractivity contribution in [2.45, 2.75) is 6.04 Å². The maximum absolute atomic E-state index is 11.7. The standard InChI is InChI=1S/C22H32N4O8/c27-19(28)13-23-6-7-24(14-20(29)30)10-11-26(16-22(33)34)18(17-4-2-1-3-5-17)12-25(9-8-23)15-21(31)32/h1-5,18H,6-16H2,(H,27,28)(H,29,30)(H,31,32)(H,33,34). The molecule has 1 unspecified atom stereocenters. The minimum Gasteiger partial charge on any atom is -0.480 e. The van der Waals surface area contributed by atoms with Crippen LogP contribution in [0.5, 0.6) is 0 Å². The van der Waals surface area contributed by atoms with E-state index in [0.717, 1.165) is 5.56 Å². The highest BCUT2D eigenvalue weighted by atomic mass is 16.4. The highest BCUT2D eigenvalue weighted by molar-refractivity contribution is 5.70. The predicted octanol–water partition coefficient (Wildman–Crippen LogP) is -0.712. The van der Waals surface area contributed by atoms with Crippen molar-refractivity contribution < 1.29 is 39.6 Å². The van der Waals surface area contributed by atoms with Gasteiger partial charge in [-0.2, -0.15) is 0 Å². The molecule has 0 spiro atoms. The highest BCUT2D eigenvalue weighted by Crippen LogP contribution is 2.22. The van der Waals surface area contributed by atoms with Gasteiger partial charge in [0, 0.05) is 51.9 Å². The van der Waals surface area contributed by atoms with Crippen molar-refractivity contribution in [1.82, 2.24) is 19.6 Å². The molecular formula is C22H32N4O8. The molecule has 0 aliphatic carbocycles. The van der Waals surface area contributed by atoms with E-state index in [0.29, 0.717) is 0 Å². The first-order valence-electron chi connectivity index (χ1n) is 11.0. The number of nitrogens with zero attached hydrogens (tertiary/aromatic N) is 4. The normalized spacial score (nSPS) is 20.2. The molecule has 1 heterocycles. The average molecular weight is 481 g/mol. The average Bonchev–Trinajstić information content (AvgIpc) is 2.74. The van der Waals surface area contributed by atoms with E-state index >= 15 is 0 Å². The lowest BCUT2D eigenvalue weighted by atomic mass is 10.0. The third-order valence-corrected chi connectivity index (χ3v) is 5.64. The van der Waals surface area contributed by atoms with Crippen LogP contribution in [0.1, 0.15) is 11.6 Å². The molecule has 0 amide bonds. The Bertz CT molecular complexity index is 837. The Balaban J connectivity index is 2.41. The minimum atomic E-state index is -1.05. The molecule has 1 aromatic carbocycles. The van der Waals surface area contributed by atoms with Crippen LogP contribution < -0.4 is 0 Å². The van der Waals surface area contributed by atoms with Crippen LogP contribution in [0.4, 0.5) is 0 Å². The van der Waals surface area contributed by atoms with E-state index in [2.05, 4.69) is 0 Å². The van der Waals surface area contributed by atoms with Crippen LogP contribution in [0.3, 0.4) is 0 Å². The second kappa shape index (κ2) is 13.6. The molecule has 188 valence electrons. The van der Waals surface area contributed by atoms with Gasteiger partial charge in [-0.15, -0.1) is 0 Å². The van der Waals surface area contributed by atoms with E-state index in [1.165, 1.54) is 0 Å². The van der Waals surface area contributed by atoms with E-state index in [9.17, 15) is 39.6 Å². The van der Waals surface area contributed by atoms with E-state index < -0.39 is 29.9 Å². The van der Waals surface area contributed by atoms with Crippen molar-refractivity contribution in [3.8, 4) is 0 Å². The van der Waals surface area contributed by atoms with Crippen molar-refractivity contribution in [1.29, 1.82) is 0 Å². The number of rotatable bonds is 9. The van der Waals surface area contributed by atoms with Crippen molar-refractivity contribution in [2.75, 3.05) is 72.0 Å². The number of carboxylic acids is 4. The summed E-state index contributed by atoms with van der Waals surface area (Å²) in [5, 5.41) is 37.5. The molecule has 1 saturated heterocycles. The van der Waals surface area contributed by atoms with Crippen molar-refractivity contribution in [2.24, 2.45) is 0 Å². The van der Waals surface area contributed by atoms with E-state index in [1.54, 1.807) is 19.6 Å². The Morgan fingerprint density at radius 1 is 0.618 bits per heavy atom. The molecule has 1 aliphatic rings. The zero-order chi connectivity index (χ0) is 25.1. The van der Waals surface area contributed by atoms with Gasteiger partial charge < -0.3 is 20.4 Å².